The first-order valence-electron chi connectivity index (χ1n) is 7.62. The van der Waals surface area contributed by atoms with Crippen LogP contribution in [0.1, 0.15) is 47.5 Å². The maximum Gasteiger partial charge on any atom is 0.408 e. The zero-order valence-corrected chi connectivity index (χ0v) is 14.7. The predicted molar refractivity (Wildman–Crippen MR) is 86.0 cm³/mol. The number of alkyl carbamates (subject to hydrolysis) is 1. The SMILES string of the molecule is CC(C)C[C@H](NC(=O)[C@@H](CC(N)=O)NC(=O)OC(C)(C)C)C(=O)O. The largest absolute Gasteiger partial charge is 0.480 e. The van der Waals surface area contributed by atoms with Crippen molar-refractivity contribution in [2.45, 2.75) is 65.1 Å². The van der Waals surface area contributed by atoms with Gasteiger partial charge in [0.1, 0.15) is 17.7 Å². The average molecular weight is 345 g/mol. The van der Waals surface area contributed by atoms with Gasteiger partial charge < -0.3 is 26.2 Å². The molecule has 24 heavy (non-hydrogen) atoms. The number of primary amides is 1. The van der Waals surface area contributed by atoms with E-state index in [0.29, 0.717) is 0 Å². The first kappa shape index (κ1) is 21.7. The van der Waals surface area contributed by atoms with E-state index in [1.165, 1.54) is 0 Å². The summed E-state index contributed by atoms with van der Waals surface area (Å²) in [6.45, 7) is 8.53. The standard InChI is InChI=1S/C15H27N3O6/c1-8(2)6-10(13(21)22)17-12(20)9(7-11(16)19)18-14(23)24-15(3,4)5/h8-10H,6-7H2,1-5H3,(H2,16,19)(H,17,20)(H,18,23)(H,21,22)/t9-,10+/m1/s1. The molecule has 3 amide bonds. The molecule has 0 saturated carbocycles. The third kappa shape index (κ3) is 9.65. The minimum Gasteiger partial charge on any atom is -0.480 e. The monoisotopic (exact) mass is 345 g/mol. The average Bonchev–Trinajstić information content (AvgIpc) is 2.33. The molecule has 0 rings (SSSR count). The Balaban J connectivity index is 5.02. The van der Waals surface area contributed by atoms with E-state index >= 15 is 0 Å². The number of hydrogen-bond donors (Lipinski definition) is 4. The summed E-state index contributed by atoms with van der Waals surface area (Å²) < 4.78 is 5.02. The van der Waals surface area contributed by atoms with Crippen LogP contribution >= 0.6 is 0 Å². The van der Waals surface area contributed by atoms with Gasteiger partial charge in [0.05, 0.1) is 6.42 Å². The Morgan fingerprint density at radius 3 is 2.00 bits per heavy atom. The molecule has 0 aliphatic heterocycles. The van der Waals surface area contributed by atoms with Crippen LogP contribution < -0.4 is 16.4 Å². The number of ether oxygens (including phenoxy) is 1. The number of hydrogen-bond acceptors (Lipinski definition) is 5. The zero-order valence-electron chi connectivity index (χ0n) is 14.7. The number of amides is 3. The number of rotatable bonds is 8. The van der Waals surface area contributed by atoms with Crippen molar-refractivity contribution in [1.29, 1.82) is 0 Å². The number of carboxylic acids is 1. The van der Waals surface area contributed by atoms with E-state index in [1.54, 1.807) is 20.8 Å². The van der Waals surface area contributed by atoms with Gasteiger partial charge in [-0.05, 0) is 33.1 Å². The normalized spacial score (nSPS) is 13.8. The predicted octanol–water partition coefficient (Wildman–Crippen LogP) is 0.371. The molecule has 0 unspecified atom stereocenters. The van der Waals surface area contributed by atoms with Gasteiger partial charge in [-0.15, -0.1) is 0 Å². The Morgan fingerprint density at radius 1 is 1.08 bits per heavy atom. The maximum atomic E-state index is 12.2. The highest BCUT2D eigenvalue weighted by atomic mass is 16.6. The Labute approximate surface area is 141 Å². The number of carbonyl (C=O) groups excluding carboxylic acids is 3. The third-order valence-corrected chi connectivity index (χ3v) is 2.73. The smallest absolute Gasteiger partial charge is 0.408 e. The van der Waals surface area contributed by atoms with Crippen molar-refractivity contribution in [3.8, 4) is 0 Å². The van der Waals surface area contributed by atoms with Crippen molar-refractivity contribution >= 4 is 23.9 Å². The van der Waals surface area contributed by atoms with Crippen molar-refractivity contribution in [1.82, 2.24) is 10.6 Å². The fourth-order valence-electron chi connectivity index (χ4n) is 1.83. The Kier molecular flexibility index (Phi) is 8.21. The first-order chi connectivity index (χ1) is 10.8. The number of aliphatic carboxylic acids is 1. The topological polar surface area (TPSA) is 148 Å². The van der Waals surface area contributed by atoms with Crippen LogP contribution in [0.25, 0.3) is 0 Å². The van der Waals surface area contributed by atoms with E-state index < -0.39 is 48.0 Å². The lowest BCUT2D eigenvalue weighted by molar-refractivity contribution is -0.142. The van der Waals surface area contributed by atoms with Crippen LogP contribution in [0, 0.1) is 5.92 Å². The lowest BCUT2D eigenvalue weighted by Gasteiger charge is -2.24. The van der Waals surface area contributed by atoms with Crippen molar-refractivity contribution in [3.63, 3.8) is 0 Å². The molecule has 0 fully saturated rings. The first-order valence-corrected chi connectivity index (χ1v) is 7.62. The summed E-state index contributed by atoms with van der Waals surface area (Å²) in [4.78, 5) is 46.3. The van der Waals surface area contributed by atoms with Gasteiger partial charge in [-0.1, -0.05) is 13.8 Å². The molecular formula is C15H27N3O6. The molecule has 0 aliphatic carbocycles. The molecule has 0 aromatic carbocycles. The molecule has 138 valence electrons. The van der Waals surface area contributed by atoms with Crippen LogP contribution in [0.4, 0.5) is 4.79 Å². The van der Waals surface area contributed by atoms with Crippen molar-refractivity contribution in [2.24, 2.45) is 11.7 Å². The molecule has 0 aliphatic rings. The van der Waals surface area contributed by atoms with Crippen molar-refractivity contribution in [2.75, 3.05) is 0 Å². The van der Waals surface area contributed by atoms with Crippen LogP contribution in [0.15, 0.2) is 0 Å². The zero-order chi connectivity index (χ0) is 19.1. The van der Waals surface area contributed by atoms with Gasteiger partial charge in [-0.3, -0.25) is 9.59 Å². The Bertz CT molecular complexity index is 484. The Hall–Kier alpha value is -2.32. The van der Waals surface area contributed by atoms with Crippen LogP contribution in [-0.2, 0) is 19.1 Å². The van der Waals surface area contributed by atoms with Crippen molar-refractivity contribution < 1.29 is 29.0 Å². The minimum atomic E-state index is -1.31. The highest BCUT2D eigenvalue weighted by molar-refractivity contribution is 5.92. The molecule has 2 atom stereocenters. The summed E-state index contributed by atoms with van der Waals surface area (Å²) in [6.07, 6.45) is -1.17. The second-order valence-electron chi connectivity index (χ2n) is 6.90. The summed E-state index contributed by atoms with van der Waals surface area (Å²) in [6, 6.07) is -2.44. The lowest BCUT2D eigenvalue weighted by Crippen LogP contribution is -2.53. The van der Waals surface area contributed by atoms with E-state index in [0.717, 1.165) is 0 Å². The number of carboxylic acid groups (broad SMARTS) is 1. The summed E-state index contributed by atoms with van der Waals surface area (Å²) in [5, 5.41) is 13.7. The minimum absolute atomic E-state index is 0.0276. The molecule has 0 aromatic rings. The number of nitrogens with one attached hydrogen (secondary N) is 2. The van der Waals surface area contributed by atoms with Crippen LogP contribution in [0.2, 0.25) is 0 Å². The quantitative estimate of drug-likeness (QED) is 0.499. The molecule has 0 radical (unpaired) electrons. The second kappa shape index (κ2) is 9.09. The van der Waals surface area contributed by atoms with E-state index in [-0.39, 0.29) is 12.3 Å². The van der Waals surface area contributed by atoms with Crippen LogP contribution in [0.3, 0.4) is 0 Å². The lowest BCUT2D eigenvalue weighted by atomic mass is 10.0. The fraction of sp³-hybridized carbons (Fsp3) is 0.733. The molecular weight excluding hydrogens is 318 g/mol. The highest BCUT2D eigenvalue weighted by Crippen LogP contribution is 2.08. The maximum absolute atomic E-state index is 12.2. The van der Waals surface area contributed by atoms with Gasteiger partial charge in [0.2, 0.25) is 11.8 Å². The van der Waals surface area contributed by atoms with Gasteiger partial charge >= 0.3 is 12.1 Å². The summed E-state index contributed by atoms with van der Waals surface area (Å²) in [5.41, 5.74) is 4.29. The van der Waals surface area contributed by atoms with Gasteiger partial charge in [-0.2, -0.15) is 0 Å². The Morgan fingerprint density at radius 2 is 1.62 bits per heavy atom. The van der Waals surface area contributed by atoms with E-state index in [2.05, 4.69) is 10.6 Å². The van der Waals surface area contributed by atoms with E-state index in [9.17, 15) is 19.2 Å². The van der Waals surface area contributed by atoms with Gasteiger partial charge in [0, 0.05) is 0 Å². The molecule has 0 saturated heterocycles. The molecule has 0 aromatic heterocycles. The third-order valence-electron chi connectivity index (χ3n) is 2.73. The molecule has 0 spiro atoms. The van der Waals surface area contributed by atoms with Gasteiger partial charge in [-0.25, -0.2) is 9.59 Å². The number of carbonyl (C=O) groups is 4. The highest BCUT2D eigenvalue weighted by Gasteiger charge is 2.29. The second-order valence-corrected chi connectivity index (χ2v) is 6.90. The van der Waals surface area contributed by atoms with Gasteiger partial charge in [0.15, 0.2) is 0 Å². The van der Waals surface area contributed by atoms with Crippen LogP contribution in [-0.4, -0.2) is 46.7 Å². The molecule has 0 bridgehead atoms. The molecule has 0 heterocycles. The molecule has 9 nitrogen and oxygen atoms in total. The van der Waals surface area contributed by atoms with E-state index in [4.69, 9.17) is 15.6 Å². The molecule has 9 heteroatoms. The van der Waals surface area contributed by atoms with Gasteiger partial charge in [0.25, 0.3) is 0 Å². The van der Waals surface area contributed by atoms with E-state index in [1.807, 2.05) is 13.8 Å². The van der Waals surface area contributed by atoms with Crippen LogP contribution in [0.5, 0.6) is 0 Å². The summed E-state index contributed by atoms with van der Waals surface area (Å²) in [7, 11) is 0. The summed E-state index contributed by atoms with van der Waals surface area (Å²) >= 11 is 0. The number of nitrogens with two attached hydrogens (primary N) is 1. The molecule has 5 N–H and O–H groups in total. The van der Waals surface area contributed by atoms with Crippen molar-refractivity contribution in [3.05, 3.63) is 0 Å². The summed E-state index contributed by atoms with van der Waals surface area (Å²) in [5.74, 6) is -2.80. The fourth-order valence-corrected chi connectivity index (χ4v) is 1.83.